The Morgan fingerprint density at radius 3 is 2.73 bits per heavy atom. The standard InChI is InChI=1S/C15H15ClFN3O2/c1-9(2)13-6-15(22)20(8-18-13)7-14(21)19-10-3-4-12(17)11(16)5-10/h3-6,8-9H,7H2,1-2H3,(H,19,21). The Labute approximate surface area is 131 Å². The lowest BCUT2D eigenvalue weighted by Crippen LogP contribution is -2.28. The van der Waals surface area contributed by atoms with Gasteiger partial charge in [0.15, 0.2) is 0 Å². The first-order valence-electron chi connectivity index (χ1n) is 6.68. The van der Waals surface area contributed by atoms with Crippen LogP contribution >= 0.6 is 11.6 Å². The van der Waals surface area contributed by atoms with Crippen LogP contribution in [0.25, 0.3) is 0 Å². The fourth-order valence-electron chi connectivity index (χ4n) is 1.80. The van der Waals surface area contributed by atoms with E-state index in [-0.39, 0.29) is 23.0 Å². The number of hydrogen-bond acceptors (Lipinski definition) is 3. The van der Waals surface area contributed by atoms with Crippen molar-refractivity contribution in [2.24, 2.45) is 0 Å². The number of carbonyl (C=O) groups excluding carboxylic acids is 1. The Hall–Kier alpha value is -2.21. The van der Waals surface area contributed by atoms with E-state index in [9.17, 15) is 14.0 Å². The molecular formula is C15H15ClFN3O2. The predicted molar refractivity (Wildman–Crippen MR) is 82.6 cm³/mol. The molecule has 0 fully saturated rings. The fourth-order valence-corrected chi connectivity index (χ4v) is 1.98. The Kier molecular flexibility index (Phi) is 4.92. The van der Waals surface area contributed by atoms with Crippen LogP contribution in [0.2, 0.25) is 5.02 Å². The van der Waals surface area contributed by atoms with Crippen LogP contribution in [0.4, 0.5) is 10.1 Å². The first kappa shape index (κ1) is 16.2. The molecule has 0 saturated heterocycles. The molecule has 1 heterocycles. The summed E-state index contributed by atoms with van der Waals surface area (Å²) >= 11 is 5.64. The highest BCUT2D eigenvalue weighted by Gasteiger charge is 2.09. The van der Waals surface area contributed by atoms with Crippen molar-refractivity contribution in [2.75, 3.05) is 5.32 Å². The van der Waals surface area contributed by atoms with Gasteiger partial charge in [0.1, 0.15) is 12.4 Å². The van der Waals surface area contributed by atoms with Crippen LogP contribution in [0.1, 0.15) is 25.5 Å². The molecular weight excluding hydrogens is 309 g/mol. The molecule has 1 N–H and O–H groups in total. The third kappa shape index (κ3) is 3.92. The number of benzene rings is 1. The van der Waals surface area contributed by atoms with Crippen molar-refractivity contribution in [2.45, 2.75) is 26.3 Å². The molecule has 0 unspecified atom stereocenters. The molecule has 0 saturated carbocycles. The zero-order valence-electron chi connectivity index (χ0n) is 12.1. The number of aromatic nitrogens is 2. The van der Waals surface area contributed by atoms with Gasteiger partial charge in [0, 0.05) is 11.8 Å². The van der Waals surface area contributed by atoms with Gasteiger partial charge in [0.05, 0.1) is 17.0 Å². The second-order valence-corrected chi connectivity index (χ2v) is 5.52. The smallest absolute Gasteiger partial charge is 0.254 e. The summed E-state index contributed by atoms with van der Waals surface area (Å²) in [5.41, 5.74) is 0.731. The second kappa shape index (κ2) is 6.70. The van der Waals surface area contributed by atoms with Gasteiger partial charge < -0.3 is 5.32 Å². The van der Waals surface area contributed by atoms with Crippen molar-refractivity contribution < 1.29 is 9.18 Å². The highest BCUT2D eigenvalue weighted by Crippen LogP contribution is 2.19. The van der Waals surface area contributed by atoms with Gasteiger partial charge in [0.25, 0.3) is 5.56 Å². The molecule has 1 aromatic heterocycles. The molecule has 5 nitrogen and oxygen atoms in total. The average molecular weight is 324 g/mol. The number of halogens is 2. The lowest BCUT2D eigenvalue weighted by molar-refractivity contribution is -0.116. The summed E-state index contributed by atoms with van der Waals surface area (Å²) in [5, 5.41) is 2.46. The highest BCUT2D eigenvalue weighted by molar-refractivity contribution is 6.31. The summed E-state index contributed by atoms with van der Waals surface area (Å²) in [7, 11) is 0. The van der Waals surface area contributed by atoms with E-state index in [1.54, 1.807) is 0 Å². The minimum Gasteiger partial charge on any atom is -0.324 e. The normalized spacial score (nSPS) is 10.8. The number of anilines is 1. The third-order valence-electron chi connectivity index (χ3n) is 3.01. The molecule has 0 aliphatic heterocycles. The van der Waals surface area contributed by atoms with E-state index in [2.05, 4.69) is 10.3 Å². The SMILES string of the molecule is CC(C)c1cc(=O)n(CC(=O)Nc2ccc(F)c(Cl)c2)cn1. The van der Waals surface area contributed by atoms with Gasteiger partial charge in [-0.05, 0) is 24.1 Å². The monoisotopic (exact) mass is 323 g/mol. The van der Waals surface area contributed by atoms with E-state index >= 15 is 0 Å². The third-order valence-corrected chi connectivity index (χ3v) is 3.30. The highest BCUT2D eigenvalue weighted by atomic mass is 35.5. The van der Waals surface area contributed by atoms with Crippen LogP contribution in [0.3, 0.4) is 0 Å². The molecule has 0 spiro atoms. The zero-order valence-corrected chi connectivity index (χ0v) is 12.9. The van der Waals surface area contributed by atoms with E-state index in [0.717, 1.165) is 6.07 Å². The van der Waals surface area contributed by atoms with Crippen molar-refractivity contribution in [1.29, 1.82) is 0 Å². The van der Waals surface area contributed by atoms with Gasteiger partial charge >= 0.3 is 0 Å². The van der Waals surface area contributed by atoms with Crippen LogP contribution < -0.4 is 10.9 Å². The quantitative estimate of drug-likeness (QED) is 0.941. The minimum atomic E-state index is -0.565. The van der Waals surface area contributed by atoms with E-state index < -0.39 is 11.7 Å². The molecule has 2 rings (SSSR count). The summed E-state index contributed by atoms with van der Waals surface area (Å²) in [4.78, 5) is 28.0. The van der Waals surface area contributed by atoms with Crippen molar-refractivity contribution >= 4 is 23.2 Å². The van der Waals surface area contributed by atoms with Crippen LogP contribution in [0.15, 0.2) is 35.4 Å². The number of hydrogen-bond donors (Lipinski definition) is 1. The van der Waals surface area contributed by atoms with E-state index in [1.165, 1.54) is 29.1 Å². The van der Waals surface area contributed by atoms with Crippen molar-refractivity contribution in [3.8, 4) is 0 Å². The molecule has 116 valence electrons. The van der Waals surface area contributed by atoms with E-state index in [1.807, 2.05) is 13.8 Å². The molecule has 2 aromatic rings. The maximum Gasteiger partial charge on any atom is 0.254 e. The van der Waals surface area contributed by atoms with E-state index in [0.29, 0.717) is 11.4 Å². The number of rotatable bonds is 4. The van der Waals surface area contributed by atoms with Gasteiger partial charge in [-0.25, -0.2) is 9.37 Å². The van der Waals surface area contributed by atoms with E-state index in [4.69, 9.17) is 11.6 Å². The van der Waals surface area contributed by atoms with Crippen LogP contribution in [0, 0.1) is 5.82 Å². The molecule has 0 aliphatic rings. The van der Waals surface area contributed by atoms with Crippen LogP contribution in [-0.2, 0) is 11.3 Å². The molecule has 0 radical (unpaired) electrons. The predicted octanol–water partition coefficient (Wildman–Crippen LogP) is 2.80. The summed E-state index contributed by atoms with van der Waals surface area (Å²) < 4.78 is 14.2. The fraction of sp³-hybridized carbons (Fsp3) is 0.267. The lowest BCUT2D eigenvalue weighted by atomic mass is 10.1. The summed E-state index contributed by atoms with van der Waals surface area (Å²) in [6.45, 7) is 3.67. The Morgan fingerprint density at radius 2 is 2.14 bits per heavy atom. The maximum atomic E-state index is 13.0. The number of nitrogens with one attached hydrogen (secondary N) is 1. The Balaban J connectivity index is 2.09. The molecule has 0 aliphatic carbocycles. The van der Waals surface area contributed by atoms with Crippen LogP contribution in [0.5, 0.6) is 0 Å². The summed E-state index contributed by atoms with van der Waals surface area (Å²) in [6.07, 6.45) is 1.34. The molecule has 22 heavy (non-hydrogen) atoms. The van der Waals surface area contributed by atoms with Crippen LogP contribution in [-0.4, -0.2) is 15.5 Å². The lowest BCUT2D eigenvalue weighted by Gasteiger charge is -2.09. The van der Waals surface area contributed by atoms with Gasteiger partial charge in [-0.15, -0.1) is 0 Å². The maximum absolute atomic E-state index is 13.0. The van der Waals surface area contributed by atoms with Crippen molar-refractivity contribution in [3.63, 3.8) is 0 Å². The van der Waals surface area contributed by atoms with Gasteiger partial charge in [-0.2, -0.15) is 0 Å². The largest absolute Gasteiger partial charge is 0.324 e. The minimum absolute atomic E-state index is 0.0853. The molecule has 0 bridgehead atoms. The molecule has 0 atom stereocenters. The number of carbonyl (C=O) groups is 1. The summed E-state index contributed by atoms with van der Waals surface area (Å²) in [5.74, 6) is -0.856. The Morgan fingerprint density at radius 1 is 1.41 bits per heavy atom. The average Bonchev–Trinajstić information content (AvgIpc) is 2.45. The van der Waals surface area contributed by atoms with Gasteiger partial charge in [-0.3, -0.25) is 14.2 Å². The second-order valence-electron chi connectivity index (χ2n) is 5.11. The Bertz CT molecular complexity index is 759. The molecule has 1 amide bonds. The van der Waals surface area contributed by atoms with Crippen molar-refractivity contribution in [1.82, 2.24) is 9.55 Å². The number of amides is 1. The number of nitrogens with zero attached hydrogens (tertiary/aromatic N) is 2. The van der Waals surface area contributed by atoms with Gasteiger partial charge in [-0.1, -0.05) is 25.4 Å². The molecule has 7 heteroatoms. The summed E-state index contributed by atoms with van der Waals surface area (Å²) in [6, 6.07) is 5.26. The van der Waals surface area contributed by atoms with Gasteiger partial charge in [0.2, 0.25) is 5.91 Å². The first-order chi connectivity index (χ1) is 10.4. The zero-order chi connectivity index (χ0) is 16.3. The first-order valence-corrected chi connectivity index (χ1v) is 7.06. The molecule has 1 aromatic carbocycles. The topological polar surface area (TPSA) is 64.0 Å². The van der Waals surface area contributed by atoms with Crippen molar-refractivity contribution in [3.05, 3.63) is 57.5 Å².